The van der Waals surface area contributed by atoms with E-state index >= 15 is 0 Å². The molecule has 0 saturated heterocycles. The molecule has 3 aromatic carbocycles. The number of nitrogens with zero attached hydrogens (tertiary/aromatic N) is 3. The highest BCUT2D eigenvalue weighted by Crippen LogP contribution is 2.27. The summed E-state index contributed by atoms with van der Waals surface area (Å²) in [6, 6.07) is 20.0. The maximum absolute atomic E-state index is 13.6. The van der Waals surface area contributed by atoms with Crippen molar-refractivity contribution >= 4 is 51.0 Å². The van der Waals surface area contributed by atoms with Gasteiger partial charge in [0, 0.05) is 28.7 Å². The van der Waals surface area contributed by atoms with Gasteiger partial charge in [-0.3, -0.25) is 24.3 Å². The summed E-state index contributed by atoms with van der Waals surface area (Å²) in [4.78, 5) is 44.5. The summed E-state index contributed by atoms with van der Waals surface area (Å²) >= 11 is 1.11. The number of nitrogens with one attached hydrogen (secondary N) is 2. The fourth-order valence-corrected chi connectivity index (χ4v) is 4.60. The van der Waals surface area contributed by atoms with E-state index in [-0.39, 0.29) is 22.9 Å². The van der Waals surface area contributed by atoms with E-state index in [1.54, 1.807) is 31.4 Å². The monoisotopic (exact) mass is 501 g/mol. The van der Waals surface area contributed by atoms with Gasteiger partial charge in [0.1, 0.15) is 16.8 Å². The Morgan fingerprint density at radius 2 is 1.83 bits per heavy atom. The van der Waals surface area contributed by atoms with E-state index in [4.69, 9.17) is 9.72 Å². The number of aromatic nitrogens is 3. The summed E-state index contributed by atoms with van der Waals surface area (Å²) < 4.78 is 6.69. The van der Waals surface area contributed by atoms with Crippen LogP contribution in [0.4, 0.5) is 11.4 Å². The highest BCUT2D eigenvalue weighted by Gasteiger charge is 2.18. The van der Waals surface area contributed by atoms with E-state index in [1.165, 1.54) is 28.8 Å². The van der Waals surface area contributed by atoms with Crippen LogP contribution in [-0.2, 0) is 4.79 Å². The summed E-state index contributed by atoms with van der Waals surface area (Å²) in [5.41, 5.74) is 2.33. The zero-order valence-electron chi connectivity index (χ0n) is 18.9. The fraction of sp³-hybridized carbons (Fsp3) is 0.0800. The van der Waals surface area contributed by atoms with Gasteiger partial charge in [0.05, 0.1) is 23.5 Å². The maximum Gasteiger partial charge on any atom is 0.283 e. The van der Waals surface area contributed by atoms with Crippen LogP contribution >= 0.6 is 11.8 Å². The van der Waals surface area contributed by atoms with Crippen LogP contribution in [0.1, 0.15) is 0 Å². The number of ether oxygens (including phenoxy) is 1. The number of nitro benzene ring substituents is 1. The van der Waals surface area contributed by atoms with Crippen molar-refractivity contribution in [3.8, 4) is 11.4 Å². The molecule has 36 heavy (non-hydrogen) atoms. The Morgan fingerprint density at radius 3 is 2.53 bits per heavy atom. The average Bonchev–Trinajstić information content (AvgIpc) is 3.27. The van der Waals surface area contributed by atoms with Gasteiger partial charge in [0.15, 0.2) is 5.16 Å². The third-order valence-corrected chi connectivity index (χ3v) is 6.46. The first-order valence-electron chi connectivity index (χ1n) is 10.8. The molecule has 5 aromatic rings. The standard InChI is InChI=1S/C25H19N5O5S/c1-35-18-12-10-16(11-13-18)29-24(32)23-22(19-4-2-3-5-20(19)27-23)28-25(29)36-14-21(31)26-15-6-8-17(9-7-15)30(33)34/h2-13,27H,14H2,1H3,(H,26,31). The van der Waals surface area contributed by atoms with Crippen molar-refractivity contribution in [2.75, 3.05) is 18.2 Å². The largest absolute Gasteiger partial charge is 0.497 e. The maximum atomic E-state index is 13.6. The number of methoxy groups -OCH3 is 1. The molecule has 5 rings (SSSR count). The molecule has 0 fully saturated rings. The molecule has 10 nitrogen and oxygen atoms in total. The molecule has 2 heterocycles. The predicted molar refractivity (Wildman–Crippen MR) is 138 cm³/mol. The number of carbonyl (C=O) groups is 1. The van der Waals surface area contributed by atoms with Gasteiger partial charge in [-0.05, 0) is 42.5 Å². The first-order valence-corrected chi connectivity index (χ1v) is 11.8. The van der Waals surface area contributed by atoms with Crippen LogP contribution in [0.15, 0.2) is 82.7 Å². The molecule has 0 radical (unpaired) electrons. The lowest BCUT2D eigenvalue weighted by molar-refractivity contribution is -0.384. The number of H-pyrrole nitrogens is 1. The van der Waals surface area contributed by atoms with Crippen LogP contribution < -0.4 is 15.6 Å². The Morgan fingerprint density at radius 1 is 1.11 bits per heavy atom. The Balaban J connectivity index is 1.50. The van der Waals surface area contributed by atoms with Gasteiger partial charge in [0.2, 0.25) is 5.91 Å². The van der Waals surface area contributed by atoms with E-state index in [2.05, 4.69) is 10.3 Å². The SMILES string of the molecule is COc1ccc(-n2c(SCC(=O)Nc3ccc([N+](=O)[O-])cc3)nc3c([nH]c4ccccc43)c2=O)cc1. The molecule has 2 N–H and O–H groups in total. The number of benzene rings is 3. The van der Waals surface area contributed by atoms with E-state index < -0.39 is 4.92 Å². The minimum Gasteiger partial charge on any atom is -0.497 e. The number of aromatic amines is 1. The van der Waals surface area contributed by atoms with Crippen molar-refractivity contribution in [1.29, 1.82) is 0 Å². The first kappa shape index (κ1) is 23.1. The number of hydrogen-bond acceptors (Lipinski definition) is 7. The molecule has 11 heteroatoms. The second-order valence-corrected chi connectivity index (χ2v) is 8.71. The summed E-state index contributed by atoms with van der Waals surface area (Å²) in [6.45, 7) is 0. The van der Waals surface area contributed by atoms with Gasteiger partial charge in [-0.15, -0.1) is 0 Å². The van der Waals surface area contributed by atoms with Crippen molar-refractivity contribution in [1.82, 2.24) is 14.5 Å². The Labute approximate surface area is 208 Å². The van der Waals surface area contributed by atoms with Gasteiger partial charge in [0.25, 0.3) is 11.2 Å². The zero-order chi connectivity index (χ0) is 25.2. The van der Waals surface area contributed by atoms with Crippen LogP contribution in [0.3, 0.4) is 0 Å². The number of anilines is 1. The summed E-state index contributed by atoms with van der Waals surface area (Å²) in [5.74, 6) is 0.263. The number of carbonyl (C=O) groups excluding carboxylic acids is 1. The molecule has 0 spiro atoms. The third-order valence-electron chi connectivity index (χ3n) is 5.52. The van der Waals surface area contributed by atoms with E-state index in [0.29, 0.717) is 33.3 Å². The number of fused-ring (bicyclic) bond motifs is 3. The van der Waals surface area contributed by atoms with Crippen LogP contribution in [0.5, 0.6) is 5.75 Å². The fourth-order valence-electron chi connectivity index (χ4n) is 3.79. The van der Waals surface area contributed by atoms with Gasteiger partial charge < -0.3 is 15.0 Å². The number of para-hydroxylation sites is 1. The smallest absolute Gasteiger partial charge is 0.283 e. The summed E-state index contributed by atoms with van der Waals surface area (Å²) in [5, 5.41) is 14.7. The van der Waals surface area contributed by atoms with Crippen molar-refractivity contribution in [3.05, 3.63) is 93.3 Å². The molecule has 0 aliphatic heterocycles. The molecule has 0 aliphatic carbocycles. The molecule has 0 aliphatic rings. The molecule has 0 bridgehead atoms. The van der Waals surface area contributed by atoms with Gasteiger partial charge in [-0.25, -0.2) is 4.98 Å². The number of nitro groups is 1. The molecule has 1 amide bonds. The third kappa shape index (κ3) is 4.39. The zero-order valence-corrected chi connectivity index (χ0v) is 19.7. The molecule has 180 valence electrons. The van der Waals surface area contributed by atoms with E-state index in [0.717, 1.165) is 22.7 Å². The molecule has 0 unspecified atom stereocenters. The normalized spacial score (nSPS) is 11.0. The number of thioether (sulfide) groups is 1. The minimum absolute atomic E-state index is 0.0343. The second kappa shape index (κ2) is 9.55. The lowest BCUT2D eigenvalue weighted by Crippen LogP contribution is -2.23. The summed E-state index contributed by atoms with van der Waals surface area (Å²) in [6.07, 6.45) is 0. The molecule has 0 atom stereocenters. The molecular weight excluding hydrogens is 482 g/mol. The van der Waals surface area contributed by atoms with Crippen molar-refractivity contribution in [3.63, 3.8) is 0 Å². The second-order valence-electron chi connectivity index (χ2n) is 7.77. The highest BCUT2D eigenvalue weighted by atomic mass is 32.2. The van der Waals surface area contributed by atoms with E-state index in [1.807, 2.05) is 24.3 Å². The van der Waals surface area contributed by atoms with E-state index in [9.17, 15) is 19.7 Å². The van der Waals surface area contributed by atoms with Crippen molar-refractivity contribution < 1.29 is 14.5 Å². The van der Waals surface area contributed by atoms with Crippen molar-refractivity contribution in [2.45, 2.75) is 5.16 Å². The quantitative estimate of drug-likeness (QED) is 0.145. The minimum atomic E-state index is -0.508. The number of non-ortho nitro benzene ring substituents is 1. The average molecular weight is 502 g/mol. The first-order chi connectivity index (χ1) is 17.4. The Kier molecular flexibility index (Phi) is 6.13. The van der Waals surface area contributed by atoms with Crippen LogP contribution in [0.2, 0.25) is 0 Å². The summed E-state index contributed by atoms with van der Waals surface area (Å²) in [7, 11) is 1.56. The molecule has 2 aromatic heterocycles. The van der Waals surface area contributed by atoms with Gasteiger partial charge >= 0.3 is 0 Å². The van der Waals surface area contributed by atoms with Crippen LogP contribution in [-0.4, -0.2) is 38.2 Å². The number of hydrogen-bond donors (Lipinski definition) is 2. The lowest BCUT2D eigenvalue weighted by Gasteiger charge is -2.13. The van der Waals surface area contributed by atoms with Crippen LogP contribution in [0, 0.1) is 10.1 Å². The predicted octanol–water partition coefficient (Wildman–Crippen LogP) is 4.51. The van der Waals surface area contributed by atoms with Gasteiger partial charge in [-0.2, -0.15) is 0 Å². The Hall–Kier alpha value is -4.64. The molecule has 0 saturated carbocycles. The van der Waals surface area contributed by atoms with Crippen molar-refractivity contribution in [2.24, 2.45) is 0 Å². The lowest BCUT2D eigenvalue weighted by atomic mass is 10.2. The van der Waals surface area contributed by atoms with Crippen LogP contribution in [0.25, 0.3) is 27.6 Å². The Bertz CT molecular complexity index is 1660. The number of amides is 1. The molecular formula is C25H19N5O5S. The van der Waals surface area contributed by atoms with Gasteiger partial charge in [-0.1, -0.05) is 30.0 Å². The number of rotatable bonds is 7. The topological polar surface area (TPSA) is 132 Å². The highest BCUT2D eigenvalue weighted by molar-refractivity contribution is 7.99.